The highest BCUT2D eigenvalue weighted by atomic mass is 16.7. The molecule has 0 saturated heterocycles. The van der Waals surface area contributed by atoms with E-state index in [2.05, 4.69) is 18.0 Å². The van der Waals surface area contributed by atoms with Crippen LogP contribution < -0.4 is 14.2 Å². The summed E-state index contributed by atoms with van der Waals surface area (Å²) in [5.74, 6) is 2.35. The number of phenolic OH excluding ortho intramolecular Hbond substituents is 1. The molecule has 0 aliphatic carbocycles. The minimum Gasteiger partial charge on any atom is -0.504 e. The molecule has 126 valence electrons. The van der Waals surface area contributed by atoms with E-state index < -0.39 is 0 Å². The van der Waals surface area contributed by atoms with Gasteiger partial charge in [-0.3, -0.25) is 4.90 Å². The molecule has 24 heavy (non-hydrogen) atoms. The summed E-state index contributed by atoms with van der Waals surface area (Å²) in [7, 11) is 3.71. The van der Waals surface area contributed by atoms with Gasteiger partial charge in [-0.1, -0.05) is 6.07 Å². The number of ether oxygens (including phenoxy) is 3. The molecule has 0 saturated carbocycles. The molecule has 1 atom stereocenters. The van der Waals surface area contributed by atoms with Gasteiger partial charge in [0.15, 0.2) is 23.0 Å². The number of phenols is 1. The van der Waals surface area contributed by atoms with Gasteiger partial charge in [0.1, 0.15) is 0 Å². The van der Waals surface area contributed by atoms with E-state index in [1.807, 2.05) is 24.3 Å². The van der Waals surface area contributed by atoms with Crippen LogP contribution in [-0.4, -0.2) is 37.5 Å². The predicted octanol–water partition coefficient (Wildman–Crippen LogP) is 2.90. The topological polar surface area (TPSA) is 51.2 Å². The number of hydrogen-bond donors (Lipinski definition) is 1. The number of fused-ring (bicyclic) bond motifs is 2. The quantitative estimate of drug-likeness (QED) is 0.939. The van der Waals surface area contributed by atoms with Crippen LogP contribution in [0.2, 0.25) is 0 Å². The van der Waals surface area contributed by atoms with Crippen molar-refractivity contribution in [1.29, 1.82) is 0 Å². The Bertz CT molecular complexity index is 774. The Morgan fingerprint density at radius 3 is 2.88 bits per heavy atom. The maximum atomic E-state index is 10.2. The third kappa shape index (κ3) is 2.55. The van der Waals surface area contributed by atoms with Crippen molar-refractivity contribution in [3.05, 3.63) is 47.0 Å². The summed E-state index contributed by atoms with van der Waals surface area (Å²) in [5.41, 5.74) is 3.60. The first-order valence-corrected chi connectivity index (χ1v) is 8.14. The van der Waals surface area contributed by atoms with Crippen LogP contribution in [0.3, 0.4) is 0 Å². The number of rotatable bonds is 3. The van der Waals surface area contributed by atoms with Crippen molar-refractivity contribution in [3.8, 4) is 23.0 Å². The molecule has 2 heterocycles. The average Bonchev–Trinajstić information content (AvgIpc) is 3.05. The van der Waals surface area contributed by atoms with Crippen molar-refractivity contribution >= 4 is 0 Å². The Kier molecular flexibility index (Phi) is 3.73. The highest BCUT2D eigenvalue weighted by molar-refractivity contribution is 5.50. The van der Waals surface area contributed by atoms with E-state index in [0.717, 1.165) is 30.9 Å². The number of nitrogens with zero attached hydrogens (tertiary/aromatic N) is 1. The molecular weight excluding hydrogens is 306 g/mol. The van der Waals surface area contributed by atoms with Crippen molar-refractivity contribution in [1.82, 2.24) is 4.90 Å². The van der Waals surface area contributed by atoms with Crippen molar-refractivity contribution in [2.24, 2.45) is 0 Å². The second-order valence-electron chi connectivity index (χ2n) is 6.36. The molecule has 0 aromatic heterocycles. The number of likely N-dealkylation sites (N-methyl/N-ethyl adjacent to an activating group) is 1. The fraction of sp³-hybridized carbons (Fsp3) is 0.368. The zero-order chi connectivity index (χ0) is 16.7. The number of aromatic hydroxyl groups is 1. The van der Waals surface area contributed by atoms with Crippen molar-refractivity contribution in [3.63, 3.8) is 0 Å². The predicted molar refractivity (Wildman–Crippen MR) is 90.0 cm³/mol. The minimum absolute atomic E-state index is 0.197. The largest absolute Gasteiger partial charge is 0.504 e. The van der Waals surface area contributed by atoms with Gasteiger partial charge in [-0.25, -0.2) is 0 Å². The molecule has 0 radical (unpaired) electrons. The van der Waals surface area contributed by atoms with Gasteiger partial charge in [0.2, 0.25) is 6.79 Å². The van der Waals surface area contributed by atoms with Gasteiger partial charge in [0, 0.05) is 12.6 Å². The van der Waals surface area contributed by atoms with E-state index in [4.69, 9.17) is 14.2 Å². The Morgan fingerprint density at radius 2 is 2.04 bits per heavy atom. The van der Waals surface area contributed by atoms with Crippen LogP contribution in [-0.2, 0) is 12.8 Å². The van der Waals surface area contributed by atoms with Gasteiger partial charge in [0.05, 0.1) is 7.11 Å². The first-order chi connectivity index (χ1) is 11.7. The summed E-state index contributed by atoms with van der Waals surface area (Å²) in [6.45, 7) is 1.27. The van der Waals surface area contributed by atoms with E-state index in [1.165, 1.54) is 16.7 Å². The lowest BCUT2D eigenvalue weighted by atomic mass is 9.88. The Labute approximate surface area is 141 Å². The van der Waals surface area contributed by atoms with Crippen molar-refractivity contribution in [2.75, 3.05) is 27.5 Å². The number of hydrogen-bond acceptors (Lipinski definition) is 5. The maximum Gasteiger partial charge on any atom is 0.231 e. The van der Waals surface area contributed by atoms with Crippen molar-refractivity contribution in [2.45, 2.75) is 18.9 Å². The first kappa shape index (κ1) is 15.1. The molecular formula is C19H21NO4. The fourth-order valence-corrected chi connectivity index (χ4v) is 3.56. The minimum atomic E-state index is 0.197. The normalized spacial score (nSPS) is 19.2. The molecule has 2 aromatic rings. The first-order valence-electron chi connectivity index (χ1n) is 8.14. The van der Waals surface area contributed by atoms with E-state index >= 15 is 0 Å². The van der Waals surface area contributed by atoms with Gasteiger partial charge in [-0.15, -0.1) is 0 Å². The lowest BCUT2D eigenvalue weighted by Gasteiger charge is -2.35. The summed E-state index contributed by atoms with van der Waals surface area (Å²) in [4.78, 5) is 2.33. The van der Waals surface area contributed by atoms with Crippen LogP contribution >= 0.6 is 0 Å². The maximum absolute atomic E-state index is 10.2. The smallest absolute Gasteiger partial charge is 0.231 e. The lowest BCUT2D eigenvalue weighted by molar-refractivity contribution is 0.174. The third-order valence-electron chi connectivity index (χ3n) is 4.93. The second-order valence-corrected chi connectivity index (χ2v) is 6.36. The third-order valence-corrected chi connectivity index (χ3v) is 4.93. The Balaban J connectivity index is 1.67. The summed E-state index contributed by atoms with van der Waals surface area (Å²) in [6.07, 6.45) is 1.81. The summed E-state index contributed by atoms with van der Waals surface area (Å²) < 4.78 is 16.1. The highest BCUT2D eigenvalue weighted by Crippen LogP contribution is 2.39. The molecule has 2 aliphatic rings. The van der Waals surface area contributed by atoms with Crippen LogP contribution in [0.5, 0.6) is 23.0 Å². The van der Waals surface area contributed by atoms with Crippen LogP contribution in [0, 0.1) is 0 Å². The number of benzene rings is 2. The monoisotopic (exact) mass is 327 g/mol. The average molecular weight is 327 g/mol. The van der Waals surface area contributed by atoms with Gasteiger partial charge in [-0.05, 0) is 60.8 Å². The van der Waals surface area contributed by atoms with Gasteiger partial charge in [-0.2, -0.15) is 0 Å². The van der Waals surface area contributed by atoms with E-state index in [9.17, 15) is 5.11 Å². The zero-order valence-electron chi connectivity index (χ0n) is 13.9. The molecule has 1 N–H and O–H groups in total. The molecule has 0 fully saturated rings. The molecule has 0 bridgehead atoms. The van der Waals surface area contributed by atoms with Crippen molar-refractivity contribution < 1.29 is 19.3 Å². The lowest BCUT2D eigenvalue weighted by Crippen LogP contribution is -2.33. The van der Waals surface area contributed by atoms with Crippen LogP contribution in [0.15, 0.2) is 30.3 Å². The summed E-state index contributed by atoms with van der Waals surface area (Å²) in [6, 6.07) is 10.1. The van der Waals surface area contributed by atoms with E-state index in [1.54, 1.807) is 7.11 Å². The van der Waals surface area contributed by atoms with E-state index in [-0.39, 0.29) is 11.8 Å². The molecule has 0 spiro atoms. The fourth-order valence-electron chi connectivity index (χ4n) is 3.56. The van der Waals surface area contributed by atoms with Crippen LogP contribution in [0.4, 0.5) is 0 Å². The van der Waals surface area contributed by atoms with Gasteiger partial charge >= 0.3 is 0 Å². The zero-order valence-corrected chi connectivity index (χ0v) is 13.9. The van der Waals surface area contributed by atoms with E-state index in [0.29, 0.717) is 12.5 Å². The molecule has 4 rings (SSSR count). The van der Waals surface area contributed by atoms with Crippen LogP contribution in [0.1, 0.15) is 22.7 Å². The summed E-state index contributed by atoms with van der Waals surface area (Å²) >= 11 is 0. The molecule has 5 nitrogen and oxygen atoms in total. The molecule has 1 unspecified atom stereocenters. The second kappa shape index (κ2) is 5.91. The van der Waals surface area contributed by atoms with Gasteiger partial charge < -0.3 is 19.3 Å². The SMILES string of the molecule is COc1cc2c(cc1O)C(Cc1ccc3c(c1)OCO3)N(C)CC2. The molecule has 5 heteroatoms. The number of methoxy groups -OCH3 is 1. The standard InChI is InChI=1S/C19H21NO4/c1-20-6-5-13-9-18(22-2)16(21)10-14(13)15(20)7-12-3-4-17-19(8-12)24-11-23-17/h3-4,8-10,15,21H,5-7,11H2,1-2H3. The van der Waals surface area contributed by atoms with Gasteiger partial charge in [0.25, 0.3) is 0 Å². The Morgan fingerprint density at radius 1 is 1.21 bits per heavy atom. The highest BCUT2D eigenvalue weighted by Gasteiger charge is 2.27. The summed E-state index contributed by atoms with van der Waals surface area (Å²) in [5, 5.41) is 10.2. The molecule has 2 aliphatic heterocycles. The Hall–Kier alpha value is -2.40. The molecule has 0 amide bonds. The van der Waals surface area contributed by atoms with Crippen LogP contribution in [0.25, 0.3) is 0 Å². The molecule has 2 aromatic carbocycles.